The number of benzene rings is 2. The Hall–Kier alpha value is -1.68. The standard InChI is InChI=1S/C15H10BrF2N/c1-19-14-5-3-2-4-9(14)6-15(19)10-7-11(16)13(18)8-12(10)17/h2-8H,1H3. The van der Waals surface area contributed by atoms with Crippen molar-refractivity contribution in [3.8, 4) is 11.3 Å². The van der Waals surface area contributed by atoms with E-state index in [0.29, 0.717) is 5.56 Å². The molecule has 0 aliphatic carbocycles. The van der Waals surface area contributed by atoms with Crippen molar-refractivity contribution in [2.24, 2.45) is 7.05 Å². The molecule has 2 aromatic carbocycles. The largest absolute Gasteiger partial charge is 0.344 e. The number of aryl methyl sites for hydroxylation is 1. The molecule has 3 rings (SSSR count). The Morgan fingerprint density at radius 3 is 2.47 bits per heavy atom. The first-order valence-corrected chi connectivity index (χ1v) is 6.56. The average Bonchev–Trinajstić information content (AvgIpc) is 2.72. The van der Waals surface area contributed by atoms with Gasteiger partial charge in [0.15, 0.2) is 0 Å². The molecule has 1 aromatic heterocycles. The highest BCUT2D eigenvalue weighted by Gasteiger charge is 2.14. The van der Waals surface area contributed by atoms with Crippen molar-refractivity contribution in [3.05, 3.63) is 58.6 Å². The SMILES string of the molecule is Cn1c(-c2cc(Br)c(F)cc2F)cc2ccccc21. The first-order chi connectivity index (χ1) is 9.08. The summed E-state index contributed by atoms with van der Waals surface area (Å²) >= 11 is 3.09. The molecule has 0 aliphatic rings. The maximum Gasteiger partial charge on any atom is 0.140 e. The predicted molar refractivity (Wildman–Crippen MR) is 76.0 cm³/mol. The van der Waals surface area contributed by atoms with Crippen LogP contribution >= 0.6 is 15.9 Å². The molecule has 19 heavy (non-hydrogen) atoms. The van der Waals surface area contributed by atoms with Gasteiger partial charge in [0.2, 0.25) is 0 Å². The van der Waals surface area contributed by atoms with Gasteiger partial charge in [0, 0.05) is 29.6 Å². The Labute approximate surface area is 117 Å². The number of nitrogens with zero attached hydrogens (tertiary/aromatic N) is 1. The lowest BCUT2D eigenvalue weighted by Crippen LogP contribution is -1.95. The monoisotopic (exact) mass is 321 g/mol. The Morgan fingerprint density at radius 1 is 1.00 bits per heavy atom. The lowest BCUT2D eigenvalue weighted by atomic mass is 10.1. The van der Waals surface area contributed by atoms with Crippen molar-refractivity contribution in [1.29, 1.82) is 0 Å². The maximum absolute atomic E-state index is 14.0. The summed E-state index contributed by atoms with van der Waals surface area (Å²) in [6, 6.07) is 12.1. The maximum atomic E-state index is 14.0. The molecule has 0 N–H and O–H groups in total. The van der Waals surface area contributed by atoms with Crippen molar-refractivity contribution in [1.82, 2.24) is 4.57 Å². The van der Waals surface area contributed by atoms with Gasteiger partial charge in [0.25, 0.3) is 0 Å². The van der Waals surface area contributed by atoms with Gasteiger partial charge in [-0.05, 0) is 34.1 Å². The quantitative estimate of drug-likeness (QED) is 0.562. The molecule has 0 saturated carbocycles. The van der Waals surface area contributed by atoms with Crippen molar-refractivity contribution in [2.75, 3.05) is 0 Å². The first-order valence-electron chi connectivity index (χ1n) is 5.77. The van der Waals surface area contributed by atoms with Gasteiger partial charge in [-0.25, -0.2) is 8.78 Å². The van der Waals surface area contributed by atoms with Gasteiger partial charge in [-0.1, -0.05) is 18.2 Å². The second-order valence-corrected chi connectivity index (χ2v) is 5.25. The number of halogens is 3. The van der Waals surface area contributed by atoms with Crippen molar-refractivity contribution in [2.45, 2.75) is 0 Å². The van der Waals surface area contributed by atoms with E-state index in [2.05, 4.69) is 15.9 Å². The number of hydrogen-bond donors (Lipinski definition) is 0. The molecule has 0 radical (unpaired) electrons. The Balaban J connectivity index is 2.30. The van der Waals surface area contributed by atoms with Gasteiger partial charge >= 0.3 is 0 Å². The van der Waals surface area contributed by atoms with E-state index in [1.165, 1.54) is 6.07 Å². The van der Waals surface area contributed by atoms with Crippen LogP contribution in [0.4, 0.5) is 8.78 Å². The zero-order chi connectivity index (χ0) is 13.6. The molecule has 4 heteroatoms. The van der Waals surface area contributed by atoms with Crippen LogP contribution in [0.1, 0.15) is 0 Å². The van der Waals surface area contributed by atoms with Gasteiger partial charge in [-0.15, -0.1) is 0 Å². The van der Waals surface area contributed by atoms with Crippen LogP contribution in [0.15, 0.2) is 46.9 Å². The molecule has 0 amide bonds. The molecule has 0 unspecified atom stereocenters. The zero-order valence-electron chi connectivity index (χ0n) is 10.1. The molecule has 0 bridgehead atoms. The van der Waals surface area contributed by atoms with E-state index in [0.717, 1.165) is 22.7 Å². The Morgan fingerprint density at radius 2 is 1.74 bits per heavy atom. The molecular formula is C15H10BrF2N. The Bertz CT molecular complexity index is 777. The van der Waals surface area contributed by atoms with Crippen molar-refractivity contribution in [3.63, 3.8) is 0 Å². The number of fused-ring (bicyclic) bond motifs is 1. The summed E-state index contributed by atoms with van der Waals surface area (Å²) < 4.78 is 29.4. The van der Waals surface area contributed by atoms with Crippen LogP contribution in [-0.2, 0) is 7.05 Å². The smallest absolute Gasteiger partial charge is 0.140 e. The summed E-state index contributed by atoms with van der Waals surface area (Å²) in [4.78, 5) is 0. The van der Waals surface area contributed by atoms with Gasteiger partial charge in [-0.2, -0.15) is 0 Å². The fraction of sp³-hybridized carbons (Fsp3) is 0.0667. The highest BCUT2D eigenvalue weighted by Crippen LogP contribution is 2.31. The normalized spacial score (nSPS) is 11.2. The molecular weight excluding hydrogens is 312 g/mol. The summed E-state index contributed by atoms with van der Waals surface area (Å²) in [5.74, 6) is -1.16. The number of hydrogen-bond acceptors (Lipinski definition) is 0. The van der Waals surface area contributed by atoms with Crippen molar-refractivity contribution >= 4 is 26.8 Å². The van der Waals surface area contributed by atoms with Crippen LogP contribution < -0.4 is 0 Å². The second kappa shape index (κ2) is 4.46. The van der Waals surface area contributed by atoms with E-state index < -0.39 is 11.6 Å². The van der Waals surface area contributed by atoms with Crippen LogP contribution in [0.3, 0.4) is 0 Å². The summed E-state index contributed by atoms with van der Waals surface area (Å²) in [6.07, 6.45) is 0. The topological polar surface area (TPSA) is 4.93 Å². The summed E-state index contributed by atoms with van der Waals surface area (Å²) in [5, 5.41) is 1.03. The summed E-state index contributed by atoms with van der Waals surface area (Å²) in [5.41, 5.74) is 2.11. The molecule has 1 nitrogen and oxygen atoms in total. The van der Waals surface area contributed by atoms with Crippen LogP contribution in [0.5, 0.6) is 0 Å². The zero-order valence-corrected chi connectivity index (χ0v) is 11.7. The number of para-hydroxylation sites is 1. The molecule has 3 aromatic rings. The van der Waals surface area contributed by atoms with Crippen LogP contribution in [0.2, 0.25) is 0 Å². The summed E-state index contributed by atoms with van der Waals surface area (Å²) in [7, 11) is 1.87. The first kappa shape index (κ1) is 12.4. The number of aromatic nitrogens is 1. The second-order valence-electron chi connectivity index (χ2n) is 4.39. The van der Waals surface area contributed by atoms with E-state index in [4.69, 9.17) is 0 Å². The lowest BCUT2D eigenvalue weighted by molar-refractivity contribution is 0.580. The third-order valence-electron chi connectivity index (χ3n) is 3.24. The summed E-state index contributed by atoms with van der Waals surface area (Å²) in [6.45, 7) is 0. The van der Waals surface area contributed by atoms with Gasteiger partial charge < -0.3 is 4.57 Å². The van der Waals surface area contributed by atoms with Gasteiger partial charge in [-0.3, -0.25) is 0 Å². The van der Waals surface area contributed by atoms with E-state index in [1.807, 2.05) is 41.9 Å². The third kappa shape index (κ3) is 1.96. The molecule has 0 atom stereocenters. The minimum atomic E-state index is -0.597. The fourth-order valence-corrected chi connectivity index (χ4v) is 2.61. The molecule has 0 spiro atoms. The molecule has 96 valence electrons. The van der Waals surface area contributed by atoms with Gasteiger partial charge in [0.1, 0.15) is 11.6 Å². The number of rotatable bonds is 1. The van der Waals surface area contributed by atoms with E-state index in [9.17, 15) is 8.78 Å². The highest BCUT2D eigenvalue weighted by atomic mass is 79.9. The lowest BCUT2D eigenvalue weighted by Gasteiger charge is -2.07. The highest BCUT2D eigenvalue weighted by molar-refractivity contribution is 9.10. The van der Waals surface area contributed by atoms with Crippen LogP contribution in [0, 0.1) is 11.6 Å². The van der Waals surface area contributed by atoms with E-state index >= 15 is 0 Å². The molecule has 0 aliphatic heterocycles. The Kier molecular flexibility index (Phi) is 2.90. The third-order valence-corrected chi connectivity index (χ3v) is 3.85. The van der Waals surface area contributed by atoms with E-state index in [-0.39, 0.29) is 4.47 Å². The van der Waals surface area contributed by atoms with E-state index in [1.54, 1.807) is 0 Å². The minimum Gasteiger partial charge on any atom is -0.344 e. The molecule has 0 saturated heterocycles. The van der Waals surface area contributed by atoms with Crippen LogP contribution in [-0.4, -0.2) is 4.57 Å². The fourth-order valence-electron chi connectivity index (χ4n) is 2.27. The van der Waals surface area contributed by atoms with Crippen LogP contribution in [0.25, 0.3) is 22.2 Å². The average molecular weight is 322 g/mol. The molecule has 0 fully saturated rings. The molecule has 1 heterocycles. The minimum absolute atomic E-state index is 0.258. The van der Waals surface area contributed by atoms with Gasteiger partial charge in [0.05, 0.1) is 10.2 Å². The van der Waals surface area contributed by atoms with Crippen molar-refractivity contribution < 1.29 is 8.78 Å². The predicted octanol–water partition coefficient (Wildman–Crippen LogP) is 4.89.